The molecule has 1 aromatic rings. The first-order chi connectivity index (χ1) is 10.7. The maximum atomic E-state index is 2.69. The number of rotatable bonds is 4. The average molecular weight is 301 g/mol. The molecule has 2 fully saturated rings. The van der Waals surface area contributed by atoms with Gasteiger partial charge in [-0.2, -0.15) is 0 Å². The largest absolute Gasteiger partial charge is 0.372 e. The van der Waals surface area contributed by atoms with E-state index in [1.165, 1.54) is 76.5 Å². The zero-order valence-electron chi connectivity index (χ0n) is 14.3. The summed E-state index contributed by atoms with van der Waals surface area (Å²) in [5.74, 6) is 0.897. The zero-order valence-corrected chi connectivity index (χ0v) is 14.3. The summed E-state index contributed by atoms with van der Waals surface area (Å²) in [4.78, 5) is 7.83. The Morgan fingerprint density at radius 1 is 0.955 bits per heavy atom. The van der Waals surface area contributed by atoms with Crippen molar-refractivity contribution in [2.24, 2.45) is 5.92 Å². The molecule has 3 rings (SSSR count). The van der Waals surface area contributed by atoms with Crippen molar-refractivity contribution in [2.75, 3.05) is 57.3 Å². The standard InChI is InChI=1S/C19H31N3/c1-3-20-11-13-21(14-12-20)16-18-7-9-22(10-8-18)19-6-4-5-17(2)15-19/h4-6,15,18H,3,7-14,16H2,1-2H3. The summed E-state index contributed by atoms with van der Waals surface area (Å²) in [6.07, 6.45) is 2.70. The molecule has 2 aliphatic rings. The first-order valence-electron chi connectivity index (χ1n) is 9.01. The normalized spacial score (nSPS) is 22.2. The van der Waals surface area contributed by atoms with E-state index < -0.39 is 0 Å². The van der Waals surface area contributed by atoms with Crippen LogP contribution < -0.4 is 4.90 Å². The van der Waals surface area contributed by atoms with Gasteiger partial charge in [0.15, 0.2) is 0 Å². The molecule has 0 atom stereocenters. The minimum Gasteiger partial charge on any atom is -0.372 e. The van der Waals surface area contributed by atoms with Crippen LogP contribution >= 0.6 is 0 Å². The molecule has 0 amide bonds. The highest BCUT2D eigenvalue weighted by Crippen LogP contribution is 2.24. The highest BCUT2D eigenvalue weighted by atomic mass is 15.3. The Morgan fingerprint density at radius 3 is 2.27 bits per heavy atom. The first-order valence-corrected chi connectivity index (χ1v) is 9.01. The number of aryl methyl sites for hydroxylation is 1. The maximum Gasteiger partial charge on any atom is 0.0368 e. The number of hydrogen-bond acceptors (Lipinski definition) is 3. The minimum absolute atomic E-state index is 0.897. The first kappa shape index (κ1) is 15.8. The quantitative estimate of drug-likeness (QED) is 0.847. The van der Waals surface area contributed by atoms with E-state index in [0.717, 1.165) is 5.92 Å². The average Bonchev–Trinajstić information content (AvgIpc) is 2.56. The molecule has 3 heteroatoms. The van der Waals surface area contributed by atoms with Gasteiger partial charge < -0.3 is 14.7 Å². The highest BCUT2D eigenvalue weighted by molar-refractivity contribution is 5.48. The summed E-state index contributed by atoms with van der Waals surface area (Å²) in [6.45, 7) is 14.5. The third kappa shape index (κ3) is 4.02. The molecule has 122 valence electrons. The molecular formula is C19H31N3. The number of benzene rings is 1. The van der Waals surface area contributed by atoms with Gasteiger partial charge in [0.2, 0.25) is 0 Å². The molecule has 0 radical (unpaired) electrons. The van der Waals surface area contributed by atoms with Gasteiger partial charge in [0.05, 0.1) is 0 Å². The molecule has 0 bridgehead atoms. The van der Waals surface area contributed by atoms with Gasteiger partial charge in [-0.05, 0) is 49.9 Å². The van der Waals surface area contributed by atoms with Crippen LogP contribution in [0.25, 0.3) is 0 Å². The highest BCUT2D eigenvalue weighted by Gasteiger charge is 2.23. The smallest absolute Gasteiger partial charge is 0.0368 e. The van der Waals surface area contributed by atoms with E-state index in [1.807, 2.05) is 0 Å². The fraction of sp³-hybridized carbons (Fsp3) is 0.684. The second-order valence-electron chi connectivity index (χ2n) is 7.00. The summed E-state index contributed by atoms with van der Waals surface area (Å²) in [5.41, 5.74) is 2.78. The number of likely N-dealkylation sites (N-methyl/N-ethyl adjacent to an activating group) is 1. The lowest BCUT2D eigenvalue weighted by Gasteiger charge is -2.39. The Hall–Kier alpha value is -1.06. The monoisotopic (exact) mass is 301 g/mol. The van der Waals surface area contributed by atoms with Crippen molar-refractivity contribution in [2.45, 2.75) is 26.7 Å². The molecule has 0 aliphatic carbocycles. The fourth-order valence-electron chi connectivity index (χ4n) is 3.85. The summed E-state index contributed by atoms with van der Waals surface area (Å²) >= 11 is 0. The van der Waals surface area contributed by atoms with Crippen molar-refractivity contribution in [3.05, 3.63) is 29.8 Å². The van der Waals surface area contributed by atoms with Crippen LogP contribution in [0.15, 0.2) is 24.3 Å². The molecular weight excluding hydrogens is 270 g/mol. The van der Waals surface area contributed by atoms with E-state index in [-0.39, 0.29) is 0 Å². The molecule has 2 heterocycles. The van der Waals surface area contributed by atoms with Crippen LogP contribution in [0.2, 0.25) is 0 Å². The molecule has 0 spiro atoms. The second-order valence-corrected chi connectivity index (χ2v) is 7.00. The molecule has 2 saturated heterocycles. The summed E-state index contributed by atoms with van der Waals surface area (Å²) in [7, 11) is 0. The molecule has 22 heavy (non-hydrogen) atoms. The van der Waals surface area contributed by atoms with Crippen LogP contribution in [0.3, 0.4) is 0 Å². The van der Waals surface area contributed by atoms with Crippen LogP contribution in [0.5, 0.6) is 0 Å². The van der Waals surface area contributed by atoms with E-state index in [0.29, 0.717) is 0 Å². The van der Waals surface area contributed by atoms with E-state index in [9.17, 15) is 0 Å². The number of nitrogens with zero attached hydrogens (tertiary/aromatic N) is 3. The topological polar surface area (TPSA) is 9.72 Å². The summed E-state index contributed by atoms with van der Waals surface area (Å²) in [5, 5.41) is 0. The molecule has 1 aromatic carbocycles. The Labute approximate surface area is 135 Å². The third-order valence-electron chi connectivity index (χ3n) is 5.41. The molecule has 0 unspecified atom stereocenters. The second kappa shape index (κ2) is 7.47. The molecule has 0 N–H and O–H groups in total. The Balaban J connectivity index is 1.44. The third-order valence-corrected chi connectivity index (χ3v) is 5.41. The van der Waals surface area contributed by atoms with Gasteiger partial charge >= 0.3 is 0 Å². The number of piperazine rings is 1. The Morgan fingerprint density at radius 2 is 1.64 bits per heavy atom. The van der Waals surface area contributed by atoms with Gasteiger partial charge in [0.25, 0.3) is 0 Å². The maximum absolute atomic E-state index is 2.69. The molecule has 2 aliphatic heterocycles. The van der Waals surface area contributed by atoms with Crippen LogP contribution in [0.4, 0.5) is 5.69 Å². The van der Waals surface area contributed by atoms with Crippen molar-refractivity contribution in [1.82, 2.24) is 9.80 Å². The predicted molar refractivity (Wildman–Crippen MR) is 94.7 cm³/mol. The predicted octanol–water partition coefficient (Wildman–Crippen LogP) is 2.85. The lowest BCUT2D eigenvalue weighted by molar-refractivity contribution is 0.116. The Bertz CT molecular complexity index is 458. The van der Waals surface area contributed by atoms with E-state index in [1.54, 1.807) is 0 Å². The van der Waals surface area contributed by atoms with Crippen molar-refractivity contribution >= 4 is 5.69 Å². The van der Waals surface area contributed by atoms with Crippen LogP contribution in [-0.4, -0.2) is 62.2 Å². The number of anilines is 1. The zero-order chi connectivity index (χ0) is 15.4. The van der Waals surface area contributed by atoms with Crippen LogP contribution in [-0.2, 0) is 0 Å². The van der Waals surface area contributed by atoms with Crippen molar-refractivity contribution in [1.29, 1.82) is 0 Å². The Kier molecular flexibility index (Phi) is 5.37. The van der Waals surface area contributed by atoms with Crippen molar-refractivity contribution in [3.63, 3.8) is 0 Å². The molecule has 0 aromatic heterocycles. The number of piperidine rings is 1. The summed E-state index contributed by atoms with van der Waals surface area (Å²) < 4.78 is 0. The number of hydrogen-bond donors (Lipinski definition) is 0. The van der Waals surface area contributed by atoms with E-state index >= 15 is 0 Å². The van der Waals surface area contributed by atoms with Gasteiger partial charge in [0, 0.05) is 51.5 Å². The SMILES string of the molecule is CCN1CCN(CC2CCN(c3cccc(C)c3)CC2)CC1. The van der Waals surface area contributed by atoms with Gasteiger partial charge in [0.1, 0.15) is 0 Å². The fourth-order valence-corrected chi connectivity index (χ4v) is 3.85. The van der Waals surface area contributed by atoms with Crippen LogP contribution in [0, 0.1) is 12.8 Å². The lowest BCUT2D eigenvalue weighted by atomic mass is 9.95. The van der Waals surface area contributed by atoms with Gasteiger partial charge in [-0.25, -0.2) is 0 Å². The minimum atomic E-state index is 0.897. The van der Waals surface area contributed by atoms with E-state index in [4.69, 9.17) is 0 Å². The van der Waals surface area contributed by atoms with Crippen LogP contribution in [0.1, 0.15) is 25.3 Å². The van der Waals surface area contributed by atoms with Crippen molar-refractivity contribution in [3.8, 4) is 0 Å². The molecule has 0 saturated carbocycles. The van der Waals surface area contributed by atoms with Crippen molar-refractivity contribution < 1.29 is 0 Å². The van der Waals surface area contributed by atoms with Gasteiger partial charge in [-0.3, -0.25) is 0 Å². The van der Waals surface area contributed by atoms with Gasteiger partial charge in [-0.1, -0.05) is 19.1 Å². The molecule has 3 nitrogen and oxygen atoms in total. The lowest BCUT2D eigenvalue weighted by Crippen LogP contribution is -2.48. The van der Waals surface area contributed by atoms with E-state index in [2.05, 4.69) is 52.8 Å². The summed E-state index contributed by atoms with van der Waals surface area (Å²) in [6, 6.07) is 8.96. The van der Waals surface area contributed by atoms with Gasteiger partial charge in [-0.15, -0.1) is 0 Å².